The molecule has 0 bridgehead atoms. The number of carbonyl (C=O) groups excluding carboxylic acids is 2. The van der Waals surface area contributed by atoms with Gasteiger partial charge in [0.2, 0.25) is 5.91 Å². The van der Waals surface area contributed by atoms with Gasteiger partial charge in [0.05, 0.1) is 6.61 Å². The number of amides is 1. The van der Waals surface area contributed by atoms with Crippen LogP contribution in [0.5, 0.6) is 0 Å². The molecule has 0 saturated carbocycles. The molecule has 1 rings (SSSR count). The molecule has 18 heavy (non-hydrogen) atoms. The summed E-state index contributed by atoms with van der Waals surface area (Å²) in [4.78, 5) is 25.5. The Morgan fingerprint density at radius 1 is 1.33 bits per heavy atom. The molecule has 0 aromatic carbocycles. The summed E-state index contributed by atoms with van der Waals surface area (Å²) in [6.07, 6.45) is 1.70. The van der Waals surface area contributed by atoms with Gasteiger partial charge < -0.3 is 15.0 Å². The van der Waals surface area contributed by atoms with E-state index in [1.807, 2.05) is 13.8 Å². The Labute approximate surface area is 109 Å². The number of hydrogen-bond acceptors (Lipinski definition) is 4. The first-order chi connectivity index (χ1) is 8.56. The summed E-state index contributed by atoms with van der Waals surface area (Å²) in [6.45, 7) is 7.80. The SMILES string of the molecule is CCOC(=O)CN(C(=O)C1CCNCC1)C(C)C. The number of carbonyl (C=O) groups is 2. The second kappa shape index (κ2) is 7.36. The van der Waals surface area contributed by atoms with E-state index in [9.17, 15) is 9.59 Å². The Kier molecular flexibility index (Phi) is 6.12. The fourth-order valence-corrected chi connectivity index (χ4v) is 2.16. The highest BCUT2D eigenvalue weighted by atomic mass is 16.5. The van der Waals surface area contributed by atoms with Gasteiger partial charge in [0.25, 0.3) is 0 Å². The summed E-state index contributed by atoms with van der Waals surface area (Å²) in [5.74, 6) is -0.198. The minimum absolute atomic E-state index is 0.0248. The molecule has 5 heteroatoms. The molecule has 1 heterocycles. The smallest absolute Gasteiger partial charge is 0.325 e. The maximum atomic E-state index is 12.4. The second-order valence-corrected chi connectivity index (χ2v) is 4.89. The number of piperidine rings is 1. The minimum Gasteiger partial charge on any atom is -0.465 e. The van der Waals surface area contributed by atoms with Crippen molar-refractivity contribution in [2.24, 2.45) is 5.92 Å². The van der Waals surface area contributed by atoms with Crippen molar-refractivity contribution in [1.82, 2.24) is 10.2 Å². The van der Waals surface area contributed by atoms with Gasteiger partial charge in [-0.15, -0.1) is 0 Å². The van der Waals surface area contributed by atoms with Crippen molar-refractivity contribution in [3.63, 3.8) is 0 Å². The van der Waals surface area contributed by atoms with Crippen molar-refractivity contribution < 1.29 is 14.3 Å². The van der Waals surface area contributed by atoms with Crippen molar-refractivity contribution in [3.05, 3.63) is 0 Å². The standard InChI is InChI=1S/C13H24N2O3/c1-4-18-12(16)9-15(10(2)3)13(17)11-5-7-14-8-6-11/h10-11,14H,4-9H2,1-3H3. The van der Waals surface area contributed by atoms with Gasteiger partial charge in [-0.05, 0) is 46.7 Å². The van der Waals surface area contributed by atoms with E-state index >= 15 is 0 Å². The molecule has 5 nitrogen and oxygen atoms in total. The minimum atomic E-state index is -0.325. The van der Waals surface area contributed by atoms with Crippen molar-refractivity contribution >= 4 is 11.9 Å². The summed E-state index contributed by atoms with van der Waals surface area (Å²) in [7, 11) is 0. The predicted molar refractivity (Wildman–Crippen MR) is 69.1 cm³/mol. The van der Waals surface area contributed by atoms with Gasteiger partial charge in [0, 0.05) is 12.0 Å². The molecule has 0 atom stereocenters. The average molecular weight is 256 g/mol. The molecule has 0 spiro atoms. The van der Waals surface area contributed by atoms with E-state index < -0.39 is 0 Å². The van der Waals surface area contributed by atoms with Crippen LogP contribution in [-0.2, 0) is 14.3 Å². The third kappa shape index (κ3) is 4.29. The van der Waals surface area contributed by atoms with E-state index in [-0.39, 0.29) is 30.4 Å². The van der Waals surface area contributed by atoms with Gasteiger partial charge in [0.1, 0.15) is 6.54 Å². The van der Waals surface area contributed by atoms with Crippen molar-refractivity contribution in [2.75, 3.05) is 26.2 Å². The average Bonchev–Trinajstić information content (AvgIpc) is 2.36. The summed E-state index contributed by atoms with van der Waals surface area (Å²) in [6, 6.07) is 0.0248. The van der Waals surface area contributed by atoms with Crippen LogP contribution in [0, 0.1) is 5.92 Å². The second-order valence-electron chi connectivity index (χ2n) is 4.89. The van der Waals surface area contributed by atoms with Gasteiger partial charge in [0.15, 0.2) is 0 Å². The first-order valence-electron chi connectivity index (χ1n) is 6.73. The molecule has 1 N–H and O–H groups in total. The summed E-state index contributed by atoms with van der Waals surface area (Å²) < 4.78 is 4.91. The monoisotopic (exact) mass is 256 g/mol. The quantitative estimate of drug-likeness (QED) is 0.739. The van der Waals surface area contributed by atoms with Crippen molar-refractivity contribution in [3.8, 4) is 0 Å². The highest BCUT2D eigenvalue weighted by molar-refractivity contribution is 5.84. The van der Waals surface area contributed by atoms with Crippen LogP contribution in [-0.4, -0.2) is 49.1 Å². The lowest BCUT2D eigenvalue weighted by Crippen LogP contribution is -2.46. The van der Waals surface area contributed by atoms with Crippen LogP contribution in [0.15, 0.2) is 0 Å². The highest BCUT2D eigenvalue weighted by Crippen LogP contribution is 2.16. The lowest BCUT2D eigenvalue weighted by molar-refractivity contribution is -0.151. The highest BCUT2D eigenvalue weighted by Gasteiger charge is 2.28. The summed E-state index contributed by atoms with van der Waals surface area (Å²) in [5.41, 5.74) is 0. The van der Waals surface area contributed by atoms with Gasteiger partial charge in [-0.2, -0.15) is 0 Å². The van der Waals surface area contributed by atoms with Crippen LogP contribution in [0.3, 0.4) is 0 Å². The summed E-state index contributed by atoms with van der Waals surface area (Å²) in [5, 5.41) is 3.24. The zero-order chi connectivity index (χ0) is 13.5. The first-order valence-corrected chi connectivity index (χ1v) is 6.73. The molecule has 0 aliphatic carbocycles. The van der Waals surface area contributed by atoms with Crippen LogP contribution in [0.4, 0.5) is 0 Å². The third-order valence-corrected chi connectivity index (χ3v) is 3.20. The Morgan fingerprint density at radius 2 is 1.94 bits per heavy atom. The maximum Gasteiger partial charge on any atom is 0.325 e. The molecule has 0 unspecified atom stereocenters. The topological polar surface area (TPSA) is 58.6 Å². The molecule has 1 aliphatic heterocycles. The molecular formula is C13H24N2O3. The fourth-order valence-electron chi connectivity index (χ4n) is 2.16. The number of rotatable bonds is 5. The molecule has 1 saturated heterocycles. The Balaban J connectivity index is 2.59. The van der Waals surface area contributed by atoms with E-state index in [4.69, 9.17) is 4.74 Å². The van der Waals surface area contributed by atoms with Crippen LogP contribution in [0.1, 0.15) is 33.6 Å². The van der Waals surface area contributed by atoms with E-state index in [0.717, 1.165) is 25.9 Å². The van der Waals surface area contributed by atoms with Gasteiger partial charge in [-0.25, -0.2) is 0 Å². The molecule has 0 aromatic rings. The molecule has 1 aliphatic rings. The van der Waals surface area contributed by atoms with Crippen LogP contribution < -0.4 is 5.32 Å². The predicted octanol–water partition coefficient (Wildman–Crippen LogP) is 0.786. The normalized spacial score (nSPS) is 16.7. The van der Waals surface area contributed by atoms with E-state index in [2.05, 4.69) is 5.32 Å². The molecule has 104 valence electrons. The zero-order valence-electron chi connectivity index (χ0n) is 11.6. The summed E-state index contributed by atoms with van der Waals surface area (Å²) >= 11 is 0. The van der Waals surface area contributed by atoms with Gasteiger partial charge in [-0.3, -0.25) is 9.59 Å². The van der Waals surface area contributed by atoms with Gasteiger partial charge >= 0.3 is 5.97 Å². The molecule has 1 amide bonds. The Bertz CT molecular complexity index is 286. The largest absolute Gasteiger partial charge is 0.465 e. The molecule has 0 radical (unpaired) electrons. The maximum absolute atomic E-state index is 12.4. The lowest BCUT2D eigenvalue weighted by atomic mass is 9.96. The van der Waals surface area contributed by atoms with Crippen LogP contribution >= 0.6 is 0 Å². The van der Waals surface area contributed by atoms with Gasteiger partial charge in [-0.1, -0.05) is 0 Å². The zero-order valence-corrected chi connectivity index (χ0v) is 11.6. The Morgan fingerprint density at radius 3 is 2.44 bits per heavy atom. The molecule has 0 aromatic heterocycles. The number of nitrogens with one attached hydrogen (secondary N) is 1. The number of esters is 1. The van der Waals surface area contributed by atoms with E-state index in [0.29, 0.717) is 6.61 Å². The third-order valence-electron chi connectivity index (χ3n) is 3.20. The number of nitrogens with zero attached hydrogens (tertiary/aromatic N) is 1. The molecule has 1 fully saturated rings. The Hall–Kier alpha value is -1.10. The van der Waals surface area contributed by atoms with Crippen molar-refractivity contribution in [1.29, 1.82) is 0 Å². The first kappa shape index (κ1) is 15.0. The van der Waals surface area contributed by atoms with Crippen molar-refractivity contribution in [2.45, 2.75) is 39.7 Å². The van der Waals surface area contributed by atoms with E-state index in [1.165, 1.54) is 0 Å². The van der Waals surface area contributed by atoms with E-state index in [1.54, 1.807) is 11.8 Å². The fraction of sp³-hybridized carbons (Fsp3) is 0.846. The van der Waals surface area contributed by atoms with Crippen LogP contribution in [0.25, 0.3) is 0 Å². The number of hydrogen-bond donors (Lipinski definition) is 1. The van der Waals surface area contributed by atoms with Crippen LogP contribution in [0.2, 0.25) is 0 Å². The molecular weight excluding hydrogens is 232 g/mol. The number of ether oxygens (including phenoxy) is 1. The lowest BCUT2D eigenvalue weighted by Gasteiger charge is -2.31.